The van der Waals surface area contributed by atoms with Crippen LogP contribution in [-0.4, -0.2) is 30.9 Å². The maximum Gasteiger partial charge on any atom is 0.343 e. The summed E-state index contributed by atoms with van der Waals surface area (Å²) in [6, 6.07) is 15.2. The van der Waals surface area contributed by atoms with E-state index in [4.69, 9.17) is 27.9 Å². The number of nitrogens with one attached hydrogen (secondary N) is 1. The lowest BCUT2D eigenvalue weighted by Gasteiger charge is -2.15. The number of rotatable bonds is 6. The van der Waals surface area contributed by atoms with Gasteiger partial charge in [-0.1, -0.05) is 23.2 Å². The number of benzene rings is 3. The number of hydrogen-bond donors (Lipinski definition) is 1. The van der Waals surface area contributed by atoms with Crippen LogP contribution in [0.2, 0.25) is 5.02 Å². The van der Waals surface area contributed by atoms with Crippen molar-refractivity contribution in [1.82, 2.24) is 0 Å². The van der Waals surface area contributed by atoms with Crippen LogP contribution in [0.3, 0.4) is 0 Å². The predicted octanol–water partition coefficient (Wildman–Crippen LogP) is 5.40. The third kappa shape index (κ3) is 5.21. The van der Waals surface area contributed by atoms with Crippen molar-refractivity contribution in [3.63, 3.8) is 0 Å². The molecule has 1 aliphatic heterocycles. The second-order valence-corrected chi connectivity index (χ2v) is 8.89. The summed E-state index contributed by atoms with van der Waals surface area (Å²) in [6.07, 6.45) is 0. The van der Waals surface area contributed by atoms with E-state index in [1.807, 2.05) is 13.8 Å². The summed E-state index contributed by atoms with van der Waals surface area (Å²) < 4.78 is 10.1. The van der Waals surface area contributed by atoms with Crippen molar-refractivity contribution in [3.8, 4) is 5.75 Å². The maximum absolute atomic E-state index is 13.0. The molecule has 0 aromatic heterocycles. The second kappa shape index (κ2) is 10.5. The highest BCUT2D eigenvalue weighted by molar-refractivity contribution is 6.53. The molecule has 0 radical (unpaired) electrons. The first-order valence-corrected chi connectivity index (χ1v) is 11.7. The van der Waals surface area contributed by atoms with Crippen molar-refractivity contribution in [2.75, 3.05) is 17.3 Å². The minimum Gasteiger partial charge on any atom is -0.465 e. The molecule has 1 aliphatic rings. The minimum absolute atomic E-state index is 0.119. The van der Waals surface area contributed by atoms with Crippen molar-refractivity contribution in [3.05, 3.63) is 98.7 Å². The Kier molecular flexibility index (Phi) is 7.33. The lowest BCUT2D eigenvalue weighted by Crippen LogP contribution is -2.32. The molecule has 0 fully saturated rings. The van der Waals surface area contributed by atoms with Gasteiger partial charge in [-0.05, 0) is 85.6 Å². The topological polar surface area (TPSA) is 102 Å². The van der Waals surface area contributed by atoms with Crippen molar-refractivity contribution in [1.29, 1.82) is 0 Å². The Morgan fingerprint density at radius 2 is 1.35 bits per heavy atom. The van der Waals surface area contributed by atoms with Crippen molar-refractivity contribution in [2.24, 2.45) is 0 Å². The van der Waals surface area contributed by atoms with Crippen molar-refractivity contribution in [2.45, 2.75) is 13.8 Å². The quantitative estimate of drug-likeness (QED) is 0.254. The van der Waals surface area contributed by atoms with Gasteiger partial charge in [0.1, 0.15) is 16.5 Å². The van der Waals surface area contributed by atoms with E-state index in [-0.39, 0.29) is 27.5 Å². The highest BCUT2D eigenvalue weighted by atomic mass is 35.5. The van der Waals surface area contributed by atoms with E-state index in [0.717, 1.165) is 16.0 Å². The van der Waals surface area contributed by atoms with E-state index >= 15 is 0 Å². The first kappa shape index (κ1) is 25.9. The summed E-state index contributed by atoms with van der Waals surface area (Å²) >= 11 is 12.3. The molecule has 188 valence electrons. The minimum atomic E-state index is -0.714. The first-order chi connectivity index (χ1) is 17.6. The van der Waals surface area contributed by atoms with Gasteiger partial charge >= 0.3 is 11.9 Å². The van der Waals surface area contributed by atoms with E-state index in [1.165, 1.54) is 43.5 Å². The van der Waals surface area contributed by atoms with Crippen LogP contribution in [0.1, 0.15) is 31.8 Å². The van der Waals surface area contributed by atoms with Gasteiger partial charge in [0.25, 0.3) is 11.8 Å². The average molecular weight is 539 g/mol. The molecule has 10 heteroatoms. The first-order valence-electron chi connectivity index (χ1n) is 10.9. The Bertz CT molecular complexity index is 1440. The van der Waals surface area contributed by atoms with E-state index in [0.29, 0.717) is 16.5 Å². The van der Waals surface area contributed by atoms with Crippen LogP contribution in [0.4, 0.5) is 11.4 Å². The van der Waals surface area contributed by atoms with Gasteiger partial charge in [0.05, 0.1) is 23.9 Å². The SMILES string of the molecule is COC(=O)c1ccc(N2C(=O)C(Cl)=C(Nc3ccc(C(=O)Oc4cc(C)c(Cl)c(C)c4)cc3)C2=O)cc1. The maximum atomic E-state index is 13.0. The summed E-state index contributed by atoms with van der Waals surface area (Å²) in [4.78, 5) is 50.8. The number of aryl methyl sites for hydroxylation is 2. The fourth-order valence-corrected chi connectivity index (χ4v) is 4.00. The number of amides is 2. The van der Waals surface area contributed by atoms with Crippen LogP contribution in [0.15, 0.2) is 71.4 Å². The summed E-state index contributed by atoms with van der Waals surface area (Å²) in [5, 5.41) is 3.16. The summed E-state index contributed by atoms with van der Waals surface area (Å²) in [7, 11) is 1.25. The summed E-state index contributed by atoms with van der Waals surface area (Å²) in [5.41, 5.74) is 2.66. The number of carbonyl (C=O) groups excluding carboxylic acids is 4. The smallest absolute Gasteiger partial charge is 0.343 e. The molecular weight excluding hydrogens is 519 g/mol. The predicted molar refractivity (Wildman–Crippen MR) is 139 cm³/mol. The van der Waals surface area contributed by atoms with Gasteiger partial charge in [-0.15, -0.1) is 0 Å². The van der Waals surface area contributed by atoms with Gasteiger partial charge in [0.15, 0.2) is 0 Å². The van der Waals surface area contributed by atoms with Crippen LogP contribution in [0.25, 0.3) is 0 Å². The zero-order valence-electron chi connectivity index (χ0n) is 19.9. The molecular formula is C27H20Cl2N2O6. The lowest BCUT2D eigenvalue weighted by molar-refractivity contribution is -0.120. The van der Waals surface area contributed by atoms with Crippen LogP contribution in [-0.2, 0) is 14.3 Å². The Hall–Kier alpha value is -4.14. The van der Waals surface area contributed by atoms with Crippen molar-refractivity contribution >= 4 is 58.3 Å². The van der Waals surface area contributed by atoms with Crippen LogP contribution in [0, 0.1) is 13.8 Å². The molecule has 0 saturated carbocycles. The Labute approximate surface area is 222 Å². The number of anilines is 2. The van der Waals surface area contributed by atoms with Crippen LogP contribution < -0.4 is 15.0 Å². The number of imide groups is 1. The molecule has 4 rings (SSSR count). The Morgan fingerprint density at radius 3 is 1.92 bits per heavy atom. The monoisotopic (exact) mass is 538 g/mol. The molecule has 3 aromatic rings. The number of halogens is 2. The number of esters is 2. The summed E-state index contributed by atoms with van der Waals surface area (Å²) in [5.74, 6) is -2.13. The van der Waals surface area contributed by atoms with E-state index in [9.17, 15) is 19.2 Å². The van der Waals surface area contributed by atoms with Crippen LogP contribution in [0.5, 0.6) is 5.75 Å². The molecule has 0 saturated heterocycles. The number of hydrogen-bond acceptors (Lipinski definition) is 7. The molecule has 0 spiro atoms. The Morgan fingerprint density at radius 1 is 0.811 bits per heavy atom. The molecule has 0 aliphatic carbocycles. The molecule has 0 unspecified atom stereocenters. The summed E-state index contributed by atoms with van der Waals surface area (Å²) in [6.45, 7) is 3.64. The molecule has 1 N–H and O–H groups in total. The van der Waals surface area contributed by atoms with Gasteiger partial charge in [-0.3, -0.25) is 9.59 Å². The highest BCUT2D eigenvalue weighted by Gasteiger charge is 2.39. The highest BCUT2D eigenvalue weighted by Crippen LogP contribution is 2.31. The molecule has 37 heavy (non-hydrogen) atoms. The Balaban J connectivity index is 1.47. The zero-order valence-corrected chi connectivity index (χ0v) is 21.4. The molecule has 0 atom stereocenters. The lowest BCUT2D eigenvalue weighted by atomic mass is 10.1. The third-order valence-corrected chi connectivity index (χ3v) is 6.53. The van der Waals surface area contributed by atoms with Crippen molar-refractivity contribution < 1.29 is 28.7 Å². The second-order valence-electron chi connectivity index (χ2n) is 8.14. The molecule has 1 heterocycles. The average Bonchev–Trinajstić information content (AvgIpc) is 3.10. The van der Waals surface area contributed by atoms with Gasteiger partial charge in [0.2, 0.25) is 0 Å². The van der Waals surface area contributed by atoms with Gasteiger partial charge < -0.3 is 14.8 Å². The number of nitrogens with zero attached hydrogens (tertiary/aromatic N) is 1. The fraction of sp³-hybridized carbons (Fsp3) is 0.111. The largest absolute Gasteiger partial charge is 0.465 e. The zero-order chi connectivity index (χ0) is 26.9. The van der Waals surface area contributed by atoms with Gasteiger partial charge in [-0.25, -0.2) is 14.5 Å². The molecule has 2 amide bonds. The fourth-order valence-electron chi connectivity index (χ4n) is 3.68. The molecule has 0 bridgehead atoms. The van der Waals surface area contributed by atoms with Crippen LogP contribution >= 0.6 is 23.2 Å². The normalized spacial score (nSPS) is 13.2. The standard InChI is InChI=1S/C27H20Cl2N2O6/c1-14-12-20(13-15(2)21(14)28)37-27(35)17-4-8-18(9-5-17)30-23-22(29)24(32)31(25(23)33)19-10-6-16(7-11-19)26(34)36-3/h4-13,30H,1-3H3. The number of ether oxygens (including phenoxy) is 2. The number of methoxy groups -OCH3 is 1. The van der Waals surface area contributed by atoms with Gasteiger partial charge in [-0.2, -0.15) is 0 Å². The number of carbonyl (C=O) groups is 4. The van der Waals surface area contributed by atoms with E-state index < -0.39 is 23.8 Å². The van der Waals surface area contributed by atoms with E-state index in [2.05, 4.69) is 10.1 Å². The van der Waals surface area contributed by atoms with Gasteiger partial charge in [0, 0.05) is 10.7 Å². The van der Waals surface area contributed by atoms with E-state index in [1.54, 1.807) is 24.3 Å². The molecule has 3 aromatic carbocycles. The molecule has 8 nitrogen and oxygen atoms in total. The third-order valence-electron chi connectivity index (χ3n) is 5.58.